The number of amides is 1. The largest absolute Gasteiger partial charge is 0.390 e. The molecule has 1 aromatic rings. The smallest absolute Gasteiger partial charge is 0.225 e. The van der Waals surface area contributed by atoms with E-state index in [-0.39, 0.29) is 12.0 Å². The Morgan fingerprint density at radius 3 is 2.89 bits per heavy atom. The number of aliphatic hydroxyl groups is 1. The van der Waals surface area contributed by atoms with E-state index in [2.05, 4.69) is 5.32 Å². The van der Waals surface area contributed by atoms with Gasteiger partial charge in [-0.1, -0.05) is 12.1 Å². The summed E-state index contributed by atoms with van der Waals surface area (Å²) in [6, 6.07) is 8.96. The van der Waals surface area contributed by atoms with Crippen molar-refractivity contribution in [1.82, 2.24) is 4.90 Å². The van der Waals surface area contributed by atoms with Gasteiger partial charge in [-0.15, -0.1) is 0 Å². The Kier molecular flexibility index (Phi) is 3.92. The minimum atomic E-state index is -0.243. The highest BCUT2D eigenvalue weighted by Crippen LogP contribution is 2.14. The van der Waals surface area contributed by atoms with Gasteiger partial charge in [0.1, 0.15) is 6.07 Å². The third-order valence-corrected chi connectivity index (χ3v) is 2.91. The SMILES string of the molecule is N#Cc1ccccc1NC(=O)CCN1CC(O)C1. The quantitative estimate of drug-likeness (QED) is 0.812. The summed E-state index contributed by atoms with van der Waals surface area (Å²) in [6.07, 6.45) is 0.124. The van der Waals surface area contributed by atoms with Gasteiger partial charge in [0.25, 0.3) is 0 Å². The average Bonchev–Trinajstić information content (AvgIpc) is 2.34. The number of nitrogens with zero attached hydrogens (tertiary/aromatic N) is 2. The van der Waals surface area contributed by atoms with E-state index in [4.69, 9.17) is 10.4 Å². The van der Waals surface area contributed by atoms with Crippen molar-refractivity contribution in [2.45, 2.75) is 12.5 Å². The zero-order valence-corrected chi connectivity index (χ0v) is 9.97. The topological polar surface area (TPSA) is 76.4 Å². The lowest BCUT2D eigenvalue weighted by Gasteiger charge is -2.35. The van der Waals surface area contributed by atoms with Crippen molar-refractivity contribution in [3.63, 3.8) is 0 Å². The van der Waals surface area contributed by atoms with E-state index in [1.54, 1.807) is 24.3 Å². The molecule has 1 aliphatic rings. The highest BCUT2D eigenvalue weighted by molar-refractivity contribution is 5.92. The Labute approximate surface area is 106 Å². The molecule has 0 aromatic heterocycles. The monoisotopic (exact) mass is 245 g/mol. The summed E-state index contributed by atoms with van der Waals surface area (Å²) in [6.45, 7) is 1.92. The van der Waals surface area contributed by atoms with Gasteiger partial charge in [0.15, 0.2) is 0 Å². The number of aliphatic hydroxyl groups excluding tert-OH is 1. The van der Waals surface area contributed by atoms with Gasteiger partial charge in [0, 0.05) is 26.1 Å². The van der Waals surface area contributed by atoms with Crippen molar-refractivity contribution in [1.29, 1.82) is 5.26 Å². The third-order valence-electron chi connectivity index (χ3n) is 2.91. The van der Waals surface area contributed by atoms with Crippen LogP contribution in [0.3, 0.4) is 0 Å². The molecule has 0 bridgehead atoms. The molecule has 0 aliphatic carbocycles. The van der Waals surface area contributed by atoms with Crippen molar-refractivity contribution in [2.75, 3.05) is 25.0 Å². The first-order chi connectivity index (χ1) is 8.69. The highest BCUT2D eigenvalue weighted by Gasteiger charge is 2.24. The van der Waals surface area contributed by atoms with Crippen molar-refractivity contribution in [3.8, 4) is 6.07 Å². The first kappa shape index (κ1) is 12.6. The van der Waals surface area contributed by atoms with Gasteiger partial charge in [-0.25, -0.2) is 0 Å². The molecule has 0 saturated carbocycles. The van der Waals surface area contributed by atoms with Crippen LogP contribution >= 0.6 is 0 Å². The zero-order chi connectivity index (χ0) is 13.0. The van der Waals surface area contributed by atoms with Crippen LogP contribution in [0.25, 0.3) is 0 Å². The number of anilines is 1. The van der Waals surface area contributed by atoms with E-state index in [0.29, 0.717) is 37.3 Å². The Morgan fingerprint density at radius 1 is 1.50 bits per heavy atom. The first-order valence-corrected chi connectivity index (χ1v) is 5.88. The number of nitrogens with one attached hydrogen (secondary N) is 1. The molecule has 0 atom stereocenters. The first-order valence-electron chi connectivity index (χ1n) is 5.88. The molecule has 1 saturated heterocycles. The molecule has 5 nitrogen and oxygen atoms in total. The lowest BCUT2D eigenvalue weighted by atomic mass is 10.1. The van der Waals surface area contributed by atoms with Gasteiger partial charge in [0.2, 0.25) is 5.91 Å². The maximum absolute atomic E-state index is 11.7. The lowest BCUT2D eigenvalue weighted by Crippen LogP contribution is -2.51. The molecule has 0 unspecified atom stereocenters. The minimum absolute atomic E-state index is 0.112. The Morgan fingerprint density at radius 2 is 2.22 bits per heavy atom. The van der Waals surface area contributed by atoms with Crippen LogP contribution in [0.5, 0.6) is 0 Å². The second kappa shape index (κ2) is 5.63. The maximum Gasteiger partial charge on any atom is 0.225 e. The molecule has 1 fully saturated rings. The molecule has 94 valence electrons. The van der Waals surface area contributed by atoms with E-state index >= 15 is 0 Å². The molecule has 1 aliphatic heterocycles. The van der Waals surface area contributed by atoms with E-state index in [9.17, 15) is 4.79 Å². The van der Waals surface area contributed by atoms with Gasteiger partial charge < -0.3 is 10.4 Å². The van der Waals surface area contributed by atoms with Crippen molar-refractivity contribution in [2.24, 2.45) is 0 Å². The number of nitriles is 1. The molecule has 1 amide bonds. The Hall–Kier alpha value is -1.90. The van der Waals surface area contributed by atoms with Gasteiger partial charge in [-0.05, 0) is 12.1 Å². The van der Waals surface area contributed by atoms with E-state index in [1.807, 2.05) is 11.0 Å². The summed E-state index contributed by atoms with van der Waals surface area (Å²) in [5.41, 5.74) is 1.01. The fourth-order valence-corrected chi connectivity index (χ4v) is 1.89. The van der Waals surface area contributed by atoms with Gasteiger partial charge in [-0.2, -0.15) is 5.26 Å². The van der Waals surface area contributed by atoms with Crippen LogP contribution in [0.1, 0.15) is 12.0 Å². The summed E-state index contributed by atoms with van der Waals surface area (Å²) in [7, 11) is 0. The van der Waals surface area contributed by atoms with Crippen LogP contribution in [-0.2, 0) is 4.79 Å². The number of likely N-dealkylation sites (tertiary alicyclic amines) is 1. The fraction of sp³-hybridized carbons (Fsp3) is 0.385. The predicted molar refractivity (Wildman–Crippen MR) is 66.9 cm³/mol. The second-order valence-corrected chi connectivity index (χ2v) is 4.37. The molecule has 1 heterocycles. The number of β-amino-alcohol motifs (C(OH)–C–C–N with tert-alkyl or cyclic N) is 1. The lowest BCUT2D eigenvalue weighted by molar-refractivity contribution is -0.117. The predicted octanol–water partition coefficient (Wildman–Crippen LogP) is 0.563. The van der Waals surface area contributed by atoms with E-state index in [0.717, 1.165) is 0 Å². The third kappa shape index (κ3) is 3.06. The van der Waals surface area contributed by atoms with Crippen molar-refractivity contribution < 1.29 is 9.90 Å². The average molecular weight is 245 g/mol. The summed E-state index contributed by atoms with van der Waals surface area (Å²) >= 11 is 0. The number of rotatable bonds is 4. The summed E-state index contributed by atoms with van der Waals surface area (Å²) in [5.74, 6) is -0.112. The van der Waals surface area contributed by atoms with E-state index in [1.165, 1.54) is 0 Å². The standard InChI is InChI=1S/C13H15N3O2/c14-7-10-3-1-2-4-12(10)15-13(18)5-6-16-8-11(17)9-16/h1-4,11,17H,5-6,8-9H2,(H,15,18). The molecule has 18 heavy (non-hydrogen) atoms. The van der Waals surface area contributed by atoms with Gasteiger partial charge >= 0.3 is 0 Å². The number of benzene rings is 1. The van der Waals surface area contributed by atoms with Gasteiger partial charge in [0.05, 0.1) is 17.4 Å². The highest BCUT2D eigenvalue weighted by atomic mass is 16.3. The van der Waals surface area contributed by atoms with Crippen LogP contribution in [-0.4, -0.2) is 41.7 Å². The zero-order valence-electron chi connectivity index (χ0n) is 9.97. The Balaban J connectivity index is 1.82. The molecule has 2 N–H and O–H groups in total. The summed E-state index contributed by atoms with van der Waals surface area (Å²) in [4.78, 5) is 13.7. The van der Waals surface area contributed by atoms with Crippen molar-refractivity contribution in [3.05, 3.63) is 29.8 Å². The molecule has 5 heteroatoms. The number of carbonyl (C=O) groups is 1. The second-order valence-electron chi connectivity index (χ2n) is 4.37. The van der Waals surface area contributed by atoms with Crippen LogP contribution in [0.2, 0.25) is 0 Å². The van der Waals surface area contributed by atoms with Gasteiger partial charge in [-0.3, -0.25) is 9.69 Å². The summed E-state index contributed by atoms with van der Waals surface area (Å²) in [5, 5.41) is 20.7. The van der Waals surface area contributed by atoms with Crippen LogP contribution in [0, 0.1) is 11.3 Å². The van der Waals surface area contributed by atoms with Crippen LogP contribution in [0.4, 0.5) is 5.69 Å². The number of para-hydroxylation sites is 1. The number of hydrogen-bond acceptors (Lipinski definition) is 4. The van der Waals surface area contributed by atoms with Crippen molar-refractivity contribution >= 4 is 11.6 Å². The number of carbonyl (C=O) groups excluding carboxylic acids is 1. The minimum Gasteiger partial charge on any atom is -0.390 e. The number of hydrogen-bond donors (Lipinski definition) is 2. The molecular weight excluding hydrogens is 230 g/mol. The molecule has 2 rings (SSSR count). The molecule has 0 spiro atoms. The fourth-order valence-electron chi connectivity index (χ4n) is 1.89. The molecule has 0 radical (unpaired) electrons. The normalized spacial score (nSPS) is 15.8. The van der Waals surface area contributed by atoms with Crippen LogP contribution in [0.15, 0.2) is 24.3 Å². The molecular formula is C13H15N3O2. The van der Waals surface area contributed by atoms with E-state index < -0.39 is 0 Å². The molecule has 1 aromatic carbocycles. The Bertz CT molecular complexity index is 475. The maximum atomic E-state index is 11.7. The summed E-state index contributed by atoms with van der Waals surface area (Å²) < 4.78 is 0. The van der Waals surface area contributed by atoms with Crippen LogP contribution < -0.4 is 5.32 Å².